The Hall–Kier alpha value is -1.47. The molecule has 6 nitrogen and oxygen atoms in total. The normalized spacial score (nSPS) is 21.5. The number of carbonyl (C=O) groups excluding carboxylic acids is 1. The van der Waals surface area contributed by atoms with Gasteiger partial charge in [0.25, 0.3) is 0 Å². The van der Waals surface area contributed by atoms with Crippen LogP contribution < -0.4 is 0 Å². The Balaban J connectivity index is 1.33. The third-order valence-electron chi connectivity index (χ3n) is 6.05. The average Bonchev–Trinajstić information content (AvgIpc) is 2.72. The fourth-order valence-corrected chi connectivity index (χ4v) is 4.31. The van der Waals surface area contributed by atoms with Gasteiger partial charge < -0.3 is 19.5 Å². The minimum Gasteiger partial charge on any atom is -0.460 e. The van der Waals surface area contributed by atoms with E-state index >= 15 is 0 Å². The molecule has 2 aliphatic rings. The fourth-order valence-electron chi connectivity index (χ4n) is 4.31. The third kappa shape index (κ3) is 7.34. The lowest BCUT2D eigenvalue weighted by molar-refractivity contribution is -0.206. The van der Waals surface area contributed by atoms with E-state index in [2.05, 4.69) is 4.90 Å². The predicted molar refractivity (Wildman–Crippen MR) is 117 cm³/mol. The molecule has 2 saturated heterocycles. The van der Waals surface area contributed by atoms with Crippen molar-refractivity contribution in [3.63, 3.8) is 0 Å². The number of rotatable bonds is 7. The number of aliphatic hydroxyl groups excluding tert-OH is 1. The lowest BCUT2D eigenvalue weighted by Gasteiger charge is -2.38. The molecule has 0 saturated carbocycles. The second kappa shape index (κ2) is 10.7. The maximum absolute atomic E-state index is 12.3. The maximum atomic E-state index is 12.3. The van der Waals surface area contributed by atoms with Crippen LogP contribution in [0, 0.1) is 11.8 Å². The van der Waals surface area contributed by atoms with E-state index < -0.39 is 12.0 Å². The summed E-state index contributed by atoms with van der Waals surface area (Å²) < 4.78 is 11.2. The number of nitrogens with zero attached hydrogens (tertiary/aromatic N) is 2. The molecule has 0 radical (unpaired) electrons. The Labute approximate surface area is 181 Å². The Morgan fingerprint density at radius 1 is 1.07 bits per heavy atom. The monoisotopic (exact) mass is 418 g/mol. The van der Waals surface area contributed by atoms with Crippen LogP contribution in [0.25, 0.3) is 0 Å². The summed E-state index contributed by atoms with van der Waals surface area (Å²) in [5.41, 5.74) is 0.665. The zero-order valence-electron chi connectivity index (χ0n) is 18.8. The second-order valence-corrected chi connectivity index (χ2v) is 9.71. The van der Waals surface area contributed by atoms with Crippen LogP contribution in [0.1, 0.15) is 52.0 Å². The summed E-state index contributed by atoms with van der Waals surface area (Å²) in [4.78, 5) is 16.8. The SMILES string of the molecule is CC(C)(C)OC(=O)C1CCN(CC2CCN(C(O)OCc3ccccc3)CC2)CC1. The van der Waals surface area contributed by atoms with Crippen LogP contribution in [-0.4, -0.2) is 65.6 Å². The van der Waals surface area contributed by atoms with Gasteiger partial charge in [0.15, 0.2) is 0 Å². The number of aliphatic hydroxyl groups is 1. The van der Waals surface area contributed by atoms with Crippen molar-refractivity contribution in [3.8, 4) is 0 Å². The summed E-state index contributed by atoms with van der Waals surface area (Å²) in [5, 5.41) is 10.4. The Morgan fingerprint density at radius 3 is 2.30 bits per heavy atom. The predicted octanol–water partition coefficient (Wildman–Crippen LogP) is 3.24. The summed E-state index contributed by atoms with van der Waals surface area (Å²) in [6.45, 7) is 10.9. The number of ether oxygens (including phenoxy) is 2. The number of esters is 1. The van der Waals surface area contributed by atoms with Crippen LogP contribution in [0.3, 0.4) is 0 Å². The lowest BCUT2D eigenvalue weighted by atomic mass is 9.92. The minimum atomic E-state index is -0.837. The molecule has 6 heteroatoms. The smallest absolute Gasteiger partial charge is 0.309 e. The molecule has 3 rings (SSSR count). The molecular formula is C24H38N2O4. The highest BCUT2D eigenvalue weighted by molar-refractivity contribution is 5.73. The zero-order chi connectivity index (χ0) is 21.6. The van der Waals surface area contributed by atoms with Crippen LogP contribution >= 0.6 is 0 Å². The van der Waals surface area contributed by atoms with E-state index in [1.165, 1.54) is 0 Å². The average molecular weight is 419 g/mol. The van der Waals surface area contributed by atoms with Gasteiger partial charge in [-0.25, -0.2) is 0 Å². The highest BCUT2D eigenvalue weighted by Crippen LogP contribution is 2.25. The van der Waals surface area contributed by atoms with Crippen molar-refractivity contribution in [1.29, 1.82) is 0 Å². The van der Waals surface area contributed by atoms with Crippen molar-refractivity contribution in [2.24, 2.45) is 11.8 Å². The highest BCUT2D eigenvalue weighted by Gasteiger charge is 2.31. The van der Waals surface area contributed by atoms with Crippen molar-refractivity contribution in [1.82, 2.24) is 9.80 Å². The fraction of sp³-hybridized carbons (Fsp3) is 0.708. The topological polar surface area (TPSA) is 62.2 Å². The first-order valence-electron chi connectivity index (χ1n) is 11.3. The molecule has 0 amide bonds. The van der Waals surface area contributed by atoms with Crippen molar-refractivity contribution in [3.05, 3.63) is 35.9 Å². The molecule has 168 valence electrons. The number of benzene rings is 1. The van der Waals surface area contributed by atoms with Crippen LogP contribution in [0.5, 0.6) is 0 Å². The largest absolute Gasteiger partial charge is 0.460 e. The van der Waals surface area contributed by atoms with Gasteiger partial charge in [-0.2, -0.15) is 0 Å². The molecule has 0 spiro atoms. The van der Waals surface area contributed by atoms with Gasteiger partial charge in [-0.15, -0.1) is 0 Å². The first-order chi connectivity index (χ1) is 14.3. The van der Waals surface area contributed by atoms with Gasteiger partial charge in [0.05, 0.1) is 12.5 Å². The number of carbonyl (C=O) groups is 1. The summed E-state index contributed by atoms with van der Waals surface area (Å²) in [5.74, 6) is 0.639. The van der Waals surface area contributed by atoms with E-state index in [1.54, 1.807) is 0 Å². The van der Waals surface area contributed by atoms with Crippen LogP contribution in [0.4, 0.5) is 0 Å². The summed E-state index contributed by atoms with van der Waals surface area (Å²) in [7, 11) is 0. The number of likely N-dealkylation sites (tertiary alicyclic amines) is 2. The summed E-state index contributed by atoms with van der Waals surface area (Å²) >= 11 is 0. The minimum absolute atomic E-state index is 0.0410. The number of hydrogen-bond acceptors (Lipinski definition) is 6. The van der Waals surface area contributed by atoms with E-state index in [4.69, 9.17) is 9.47 Å². The molecule has 2 fully saturated rings. The maximum Gasteiger partial charge on any atom is 0.309 e. The standard InChI is InChI=1S/C24H38N2O4/c1-24(2,3)30-22(27)21-11-13-25(14-12-21)17-19-9-15-26(16-10-19)23(28)29-18-20-7-5-4-6-8-20/h4-8,19,21,23,28H,9-18H2,1-3H3. The molecule has 1 N–H and O–H groups in total. The number of hydrogen-bond donors (Lipinski definition) is 1. The molecule has 1 aromatic carbocycles. The summed E-state index contributed by atoms with van der Waals surface area (Å²) in [6.07, 6.45) is 3.07. The third-order valence-corrected chi connectivity index (χ3v) is 6.05. The van der Waals surface area contributed by atoms with E-state index in [0.717, 1.165) is 64.0 Å². The van der Waals surface area contributed by atoms with Gasteiger partial charge in [-0.3, -0.25) is 9.69 Å². The van der Waals surface area contributed by atoms with Crippen molar-refractivity contribution >= 4 is 5.97 Å². The first-order valence-corrected chi connectivity index (χ1v) is 11.3. The number of piperidine rings is 2. The first kappa shape index (κ1) is 23.2. The van der Waals surface area contributed by atoms with E-state index in [9.17, 15) is 9.90 Å². The molecule has 30 heavy (non-hydrogen) atoms. The second-order valence-electron chi connectivity index (χ2n) is 9.71. The Bertz CT molecular complexity index is 645. The van der Waals surface area contributed by atoms with Gasteiger partial charge in [-0.1, -0.05) is 30.3 Å². The summed E-state index contributed by atoms with van der Waals surface area (Å²) in [6, 6.07) is 9.94. The van der Waals surface area contributed by atoms with Gasteiger partial charge in [-0.05, 0) is 71.0 Å². The van der Waals surface area contributed by atoms with Crippen LogP contribution in [0.15, 0.2) is 30.3 Å². The van der Waals surface area contributed by atoms with E-state index in [0.29, 0.717) is 12.5 Å². The van der Waals surface area contributed by atoms with Crippen molar-refractivity contribution in [2.45, 2.75) is 65.1 Å². The van der Waals surface area contributed by atoms with Crippen molar-refractivity contribution < 1.29 is 19.4 Å². The van der Waals surface area contributed by atoms with E-state index in [1.807, 2.05) is 56.0 Å². The molecular weight excluding hydrogens is 380 g/mol. The quantitative estimate of drug-likeness (QED) is 0.542. The molecule has 1 unspecified atom stereocenters. The molecule has 1 aromatic rings. The van der Waals surface area contributed by atoms with E-state index in [-0.39, 0.29) is 11.9 Å². The highest BCUT2D eigenvalue weighted by atomic mass is 16.6. The lowest BCUT2D eigenvalue weighted by Crippen LogP contribution is -2.46. The van der Waals surface area contributed by atoms with Crippen molar-refractivity contribution in [2.75, 3.05) is 32.7 Å². The molecule has 0 aliphatic carbocycles. The van der Waals surface area contributed by atoms with Gasteiger partial charge in [0.1, 0.15) is 5.60 Å². The van der Waals surface area contributed by atoms with Gasteiger partial charge >= 0.3 is 5.97 Å². The zero-order valence-corrected chi connectivity index (χ0v) is 18.8. The van der Waals surface area contributed by atoms with Gasteiger partial charge in [0, 0.05) is 19.6 Å². The Morgan fingerprint density at radius 2 is 1.70 bits per heavy atom. The molecule has 0 aromatic heterocycles. The van der Waals surface area contributed by atoms with Crippen LogP contribution in [-0.2, 0) is 20.9 Å². The molecule has 1 atom stereocenters. The molecule has 0 bridgehead atoms. The Kier molecular flexibility index (Phi) is 8.28. The molecule has 2 aliphatic heterocycles. The van der Waals surface area contributed by atoms with Gasteiger partial charge in [0.2, 0.25) is 6.41 Å². The molecule has 2 heterocycles. The van der Waals surface area contributed by atoms with Crippen LogP contribution in [0.2, 0.25) is 0 Å².